The Morgan fingerprint density at radius 3 is 2.78 bits per heavy atom. The molecule has 0 bridgehead atoms. The van der Waals surface area contributed by atoms with Crippen LogP contribution in [0.4, 0.5) is 5.69 Å². The van der Waals surface area contributed by atoms with Crippen LogP contribution in [0.3, 0.4) is 0 Å². The predicted octanol–water partition coefficient (Wildman–Crippen LogP) is 3.67. The van der Waals surface area contributed by atoms with E-state index in [2.05, 4.69) is 15.9 Å². The largest absolute Gasteiger partial charge is 0.369 e. The van der Waals surface area contributed by atoms with Gasteiger partial charge in [0.1, 0.15) is 0 Å². The van der Waals surface area contributed by atoms with Crippen molar-refractivity contribution < 1.29 is 0 Å². The molecule has 0 amide bonds. The third-order valence-corrected chi connectivity index (χ3v) is 4.88. The van der Waals surface area contributed by atoms with Gasteiger partial charge in [0.05, 0.1) is 15.7 Å². The van der Waals surface area contributed by atoms with E-state index in [1.165, 1.54) is 32.4 Å². The lowest BCUT2D eigenvalue weighted by Gasteiger charge is -2.28. The summed E-state index contributed by atoms with van der Waals surface area (Å²) in [5.41, 5.74) is 1.10. The average Bonchev–Trinajstić information content (AvgIpc) is 2.70. The molecule has 0 radical (unpaired) electrons. The second-order valence-electron chi connectivity index (χ2n) is 5.20. The fraction of sp³-hybridized carbons (Fsp3) is 0.571. The Labute approximate surface area is 118 Å². The summed E-state index contributed by atoms with van der Waals surface area (Å²) in [4.78, 5) is 5.03. The van der Waals surface area contributed by atoms with Crippen LogP contribution >= 0.6 is 23.2 Å². The Balaban J connectivity index is 1.85. The van der Waals surface area contributed by atoms with Gasteiger partial charge in [-0.3, -0.25) is 4.90 Å². The number of hydrogen-bond donors (Lipinski definition) is 0. The van der Waals surface area contributed by atoms with Crippen LogP contribution in [0.15, 0.2) is 18.2 Å². The van der Waals surface area contributed by atoms with Crippen LogP contribution < -0.4 is 4.90 Å². The highest BCUT2D eigenvalue weighted by molar-refractivity contribution is 6.43. The van der Waals surface area contributed by atoms with Crippen molar-refractivity contribution in [3.8, 4) is 0 Å². The van der Waals surface area contributed by atoms with E-state index in [9.17, 15) is 0 Å². The molecule has 4 heteroatoms. The van der Waals surface area contributed by atoms with E-state index in [1.54, 1.807) is 0 Å². The van der Waals surface area contributed by atoms with Crippen LogP contribution in [0.5, 0.6) is 0 Å². The maximum absolute atomic E-state index is 6.34. The van der Waals surface area contributed by atoms with E-state index < -0.39 is 0 Å². The molecular weight excluding hydrogens is 267 g/mol. The van der Waals surface area contributed by atoms with Crippen molar-refractivity contribution in [3.05, 3.63) is 28.2 Å². The molecule has 1 atom stereocenters. The summed E-state index contributed by atoms with van der Waals surface area (Å²) in [7, 11) is 0. The standard InChI is InChI=1S/C14H18Cl2N2/c15-12-5-1-6-13(14(12)16)18-9-3-8-17-7-2-4-11(17)10-18/h1,5-6,11H,2-4,7-10H2. The number of nitrogens with zero attached hydrogens (tertiary/aromatic N) is 2. The molecule has 0 saturated carbocycles. The molecule has 2 nitrogen and oxygen atoms in total. The number of anilines is 1. The van der Waals surface area contributed by atoms with Gasteiger partial charge in [-0.05, 0) is 37.9 Å². The predicted molar refractivity (Wildman–Crippen MR) is 77.9 cm³/mol. The molecule has 3 rings (SSSR count). The van der Waals surface area contributed by atoms with Gasteiger partial charge < -0.3 is 4.90 Å². The van der Waals surface area contributed by atoms with E-state index in [1.807, 2.05) is 12.1 Å². The van der Waals surface area contributed by atoms with E-state index in [0.29, 0.717) is 16.1 Å². The minimum atomic E-state index is 0.654. The zero-order valence-corrected chi connectivity index (χ0v) is 11.9. The summed E-state index contributed by atoms with van der Waals surface area (Å²) in [5.74, 6) is 0. The molecule has 2 heterocycles. The zero-order chi connectivity index (χ0) is 12.5. The maximum Gasteiger partial charge on any atom is 0.0825 e. The SMILES string of the molecule is Clc1cccc(N2CCCN3CCCC3C2)c1Cl. The summed E-state index contributed by atoms with van der Waals surface area (Å²) in [6.07, 6.45) is 3.86. The highest BCUT2D eigenvalue weighted by Crippen LogP contribution is 2.34. The van der Waals surface area contributed by atoms with Gasteiger partial charge in [-0.25, -0.2) is 0 Å². The van der Waals surface area contributed by atoms with E-state index in [-0.39, 0.29) is 0 Å². The van der Waals surface area contributed by atoms with Gasteiger partial charge in [-0.15, -0.1) is 0 Å². The average molecular weight is 285 g/mol. The molecule has 2 aliphatic rings. The number of hydrogen-bond acceptors (Lipinski definition) is 2. The lowest BCUT2D eigenvalue weighted by Crippen LogP contribution is -2.36. The van der Waals surface area contributed by atoms with Crippen molar-refractivity contribution in [1.29, 1.82) is 0 Å². The number of fused-ring (bicyclic) bond motifs is 1. The van der Waals surface area contributed by atoms with Crippen LogP contribution in [-0.2, 0) is 0 Å². The van der Waals surface area contributed by atoms with E-state index >= 15 is 0 Å². The lowest BCUT2D eigenvalue weighted by molar-refractivity contribution is 0.273. The fourth-order valence-electron chi connectivity index (χ4n) is 3.16. The van der Waals surface area contributed by atoms with E-state index in [0.717, 1.165) is 18.8 Å². The van der Waals surface area contributed by atoms with Crippen molar-refractivity contribution in [3.63, 3.8) is 0 Å². The van der Waals surface area contributed by atoms with E-state index in [4.69, 9.17) is 23.2 Å². The van der Waals surface area contributed by atoms with Crippen LogP contribution in [0.1, 0.15) is 19.3 Å². The smallest absolute Gasteiger partial charge is 0.0825 e. The highest BCUT2D eigenvalue weighted by atomic mass is 35.5. The molecule has 1 unspecified atom stereocenters. The molecule has 2 fully saturated rings. The Morgan fingerprint density at radius 1 is 1.06 bits per heavy atom. The topological polar surface area (TPSA) is 6.48 Å². The first-order valence-corrected chi connectivity index (χ1v) is 7.44. The van der Waals surface area contributed by atoms with Crippen molar-refractivity contribution in [2.24, 2.45) is 0 Å². The van der Waals surface area contributed by atoms with Crippen molar-refractivity contribution in [2.45, 2.75) is 25.3 Å². The molecule has 1 aromatic rings. The van der Waals surface area contributed by atoms with Gasteiger partial charge in [0.15, 0.2) is 0 Å². The Hall–Kier alpha value is -0.440. The van der Waals surface area contributed by atoms with Gasteiger partial charge in [0.25, 0.3) is 0 Å². The minimum Gasteiger partial charge on any atom is -0.369 e. The minimum absolute atomic E-state index is 0.654. The molecule has 98 valence electrons. The summed E-state index contributed by atoms with van der Waals surface area (Å²) >= 11 is 12.5. The van der Waals surface area contributed by atoms with Gasteiger partial charge in [0.2, 0.25) is 0 Å². The number of rotatable bonds is 1. The van der Waals surface area contributed by atoms with Crippen molar-refractivity contribution in [1.82, 2.24) is 4.90 Å². The van der Waals surface area contributed by atoms with Crippen molar-refractivity contribution >= 4 is 28.9 Å². The van der Waals surface area contributed by atoms with Gasteiger partial charge in [0, 0.05) is 25.7 Å². The fourth-order valence-corrected chi connectivity index (χ4v) is 3.58. The number of benzene rings is 1. The maximum atomic E-state index is 6.34. The van der Waals surface area contributed by atoms with Crippen LogP contribution in [0.25, 0.3) is 0 Å². The normalized spacial score (nSPS) is 25.0. The van der Waals surface area contributed by atoms with Gasteiger partial charge >= 0.3 is 0 Å². The van der Waals surface area contributed by atoms with Crippen LogP contribution in [0, 0.1) is 0 Å². The number of halogens is 2. The highest BCUT2D eigenvalue weighted by Gasteiger charge is 2.29. The van der Waals surface area contributed by atoms with Gasteiger partial charge in [-0.2, -0.15) is 0 Å². The summed E-state index contributed by atoms with van der Waals surface area (Å²) in [6.45, 7) is 4.65. The van der Waals surface area contributed by atoms with Crippen LogP contribution in [0.2, 0.25) is 10.0 Å². The lowest BCUT2D eigenvalue weighted by atomic mass is 10.2. The third kappa shape index (κ3) is 2.34. The molecular formula is C14H18Cl2N2. The second-order valence-corrected chi connectivity index (χ2v) is 5.99. The molecule has 1 aromatic carbocycles. The monoisotopic (exact) mass is 284 g/mol. The molecule has 2 saturated heterocycles. The second kappa shape index (κ2) is 5.28. The summed E-state index contributed by atoms with van der Waals surface area (Å²) < 4.78 is 0. The summed E-state index contributed by atoms with van der Waals surface area (Å²) in [6, 6.07) is 6.62. The zero-order valence-electron chi connectivity index (χ0n) is 10.4. The Kier molecular flexibility index (Phi) is 3.69. The molecule has 0 N–H and O–H groups in total. The molecule has 0 spiro atoms. The molecule has 0 aliphatic carbocycles. The summed E-state index contributed by atoms with van der Waals surface area (Å²) in [5, 5.41) is 1.35. The quantitative estimate of drug-likeness (QED) is 0.777. The van der Waals surface area contributed by atoms with Crippen molar-refractivity contribution in [2.75, 3.05) is 31.1 Å². The first-order chi connectivity index (χ1) is 8.75. The third-order valence-electron chi connectivity index (χ3n) is 4.08. The Morgan fingerprint density at radius 2 is 1.89 bits per heavy atom. The Bertz CT molecular complexity index is 436. The van der Waals surface area contributed by atoms with Gasteiger partial charge in [-0.1, -0.05) is 29.3 Å². The first-order valence-electron chi connectivity index (χ1n) is 6.69. The van der Waals surface area contributed by atoms with Crippen LogP contribution in [-0.4, -0.2) is 37.1 Å². The first kappa shape index (κ1) is 12.6. The molecule has 2 aliphatic heterocycles. The molecule has 18 heavy (non-hydrogen) atoms. The molecule has 0 aromatic heterocycles.